The predicted octanol–water partition coefficient (Wildman–Crippen LogP) is 3.47. The molecule has 4 heteroatoms. The maximum Gasteiger partial charge on any atom is 0.128 e. The van der Waals surface area contributed by atoms with E-state index in [0.29, 0.717) is 5.56 Å². The molecule has 1 N–H and O–H groups in total. The minimum Gasteiger partial charge on any atom is -0.497 e. The molecule has 2 aromatic carbocycles. The van der Waals surface area contributed by atoms with Gasteiger partial charge in [0.15, 0.2) is 0 Å². The van der Waals surface area contributed by atoms with Gasteiger partial charge in [-0.2, -0.15) is 0 Å². The van der Waals surface area contributed by atoms with Gasteiger partial charge in [0.2, 0.25) is 0 Å². The second-order valence-electron chi connectivity index (χ2n) is 4.83. The fourth-order valence-corrected chi connectivity index (χ4v) is 2.00. The van der Waals surface area contributed by atoms with Gasteiger partial charge in [0.1, 0.15) is 17.7 Å². The molecule has 0 bridgehead atoms. The molecule has 0 saturated heterocycles. The number of aliphatic hydroxyl groups is 1. The normalized spacial score (nSPS) is 13.7. The number of hydrogen-bond acceptors (Lipinski definition) is 3. The van der Waals surface area contributed by atoms with E-state index < -0.39 is 12.2 Å². The van der Waals surface area contributed by atoms with Gasteiger partial charge >= 0.3 is 0 Å². The maximum absolute atomic E-state index is 13.5. The van der Waals surface area contributed by atoms with Gasteiger partial charge in [-0.05, 0) is 30.7 Å². The lowest BCUT2D eigenvalue weighted by Crippen LogP contribution is -2.18. The van der Waals surface area contributed by atoms with Crippen LogP contribution < -0.4 is 4.74 Å². The summed E-state index contributed by atoms with van der Waals surface area (Å²) in [5.41, 5.74) is 1.21. The van der Waals surface area contributed by atoms with Gasteiger partial charge in [-0.25, -0.2) is 4.39 Å². The van der Waals surface area contributed by atoms with Crippen LogP contribution in [0.3, 0.4) is 0 Å². The van der Waals surface area contributed by atoms with E-state index in [9.17, 15) is 9.50 Å². The summed E-state index contributed by atoms with van der Waals surface area (Å²) in [5.74, 6) is 0.425. The molecule has 2 aromatic rings. The molecule has 0 amide bonds. The van der Waals surface area contributed by atoms with Crippen LogP contribution in [0.2, 0.25) is 0 Å². The smallest absolute Gasteiger partial charge is 0.128 e. The molecule has 0 aliphatic heterocycles. The molecule has 112 valence electrons. The summed E-state index contributed by atoms with van der Waals surface area (Å²) < 4.78 is 24.1. The van der Waals surface area contributed by atoms with Crippen molar-refractivity contribution >= 4 is 0 Å². The van der Waals surface area contributed by atoms with E-state index in [4.69, 9.17) is 9.47 Å². The zero-order valence-corrected chi connectivity index (χ0v) is 12.1. The van der Waals surface area contributed by atoms with Gasteiger partial charge in [0.25, 0.3) is 0 Å². The molecule has 0 aliphatic rings. The molecule has 0 fully saturated rings. The van der Waals surface area contributed by atoms with Crippen LogP contribution in [0.4, 0.5) is 4.39 Å². The van der Waals surface area contributed by atoms with Gasteiger partial charge in [-0.1, -0.05) is 30.3 Å². The Bertz CT molecular complexity index is 569. The average Bonchev–Trinajstić information content (AvgIpc) is 2.53. The molecule has 2 atom stereocenters. The number of halogens is 1. The fraction of sp³-hybridized carbons (Fsp3) is 0.294. The van der Waals surface area contributed by atoms with Crippen molar-refractivity contribution in [2.45, 2.75) is 25.7 Å². The highest BCUT2D eigenvalue weighted by Gasteiger charge is 2.17. The zero-order chi connectivity index (χ0) is 15.2. The van der Waals surface area contributed by atoms with Crippen LogP contribution in [0.25, 0.3) is 0 Å². The first kappa shape index (κ1) is 15.5. The van der Waals surface area contributed by atoms with Gasteiger partial charge in [0.05, 0.1) is 19.8 Å². The molecule has 0 aromatic heterocycles. The Morgan fingerprint density at radius 1 is 1.10 bits per heavy atom. The largest absolute Gasteiger partial charge is 0.497 e. The highest BCUT2D eigenvalue weighted by molar-refractivity contribution is 5.28. The van der Waals surface area contributed by atoms with Crippen molar-refractivity contribution in [3.63, 3.8) is 0 Å². The first-order chi connectivity index (χ1) is 10.1. The number of hydrogen-bond donors (Lipinski definition) is 1. The lowest BCUT2D eigenvalue weighted by Gasteiger charge is -2.20. The Labute approximate surface area is 124 Å². The van der Waals surface area contributed by atoms with Crippen LogP contribution in [0.15, 0.2) is 48.5 Å². The second kappa shape index (κ2) is 7.20. The summed E-state index contributed by atoms with van der Waals surface area (Å²) in [4.78, 5) is 0. The van der Waals surface area contributed by atoms with Crippen molar-refractivity contribution in [2.24, 2.45) is 0 Å². The zero-order valence-electron chi connectivity index (χ0n) is 12.1. The molecule has 0 spiro atoms. The monoisotopic (exact) mass is 290 g/mol. The van der Waals surface area contributed by atoms with Crippen LogP contribution in [0.1, 0.15) is 24.2 Å². The molecular formula is C17H19FO3. The number of benzene rings is 2. The Morgan fingerprint density at radius 2 is 1.76 bits per heavy atom. The molecule has 21 heavy (non-hydrogen) atoms. The average molecular weight is 290 g/mol. The van der Waals surface area contributed by atoms with E-state index in [1.165, 1.54) is 6.07 Å². The first-order valence-electron chi connectivity index (χ1n) is 6.79. The third kappa shape index (κ3) is 4.03. The lowest BCUT2D eigenvalue weighted by atomic mass is 10.1. The number of methoxy groups -OCH3 is 1. The van der Waals surface area contributed by atoms with Gasteiger partial charge < -0.3 is 14.6 Å². The van der Waals surface area contributed by atoms with Crippen LogP contribution in [0.5, 0.6) is 5.75 Å². The van der Waals surface area contributed by atoms with Gasteiger partial charge in [0, 0.05) is 5.56 Å². The quantitative estimate of drug-likeness (QED) is 0.885. The van der Waals surface area contributed by atoms with Crippen molar-refractivity contribution in [1.29, 1.82) is 0 Å². The van der Waals surface area contributed by atoms with Crippen molar-refractivity contribution in [3.05, 3.63) is 65.5 Å². The summed E-state index contributed by atoms with van der Waals surface area (Å²) in [6.45, 7) is 1.89. The first-order valence-corrected chi connectivity index (χ1v) is 6.79. The number of aliphatic hydroxyl groups excluding tert-OH is 1. The summed E-state index contributed by atoms with van der Waals surface area (Å²) >= 11 is 0. The Morgan fingerprint density at radius 3 is 2.38 bits per heavy atom. The van der Waals surface area contributed by atoms with E-state index in [1.807, 2.05) is 0 Å². The third-order valence-corrected chi connectivity index (χ3v) is 3.36. The van der Waals surface area contributed by atoms with E-state index in [1.54, 1.807) is 56.5 Å². The fourth-order valence-electron chi connectivity index (χ4n) is 2.00. The number of rotatable bonds is 6. The molecule has 0 aliphatic carbocycles. The lowest BCUT2D eigenvalue weighted by molar-refractivity contribution is -0.0372. The molecule has 2 unspecified atom stereocenters. The minimum absolute atomic E-state index is 0.126. The SMILES string of the molecule is COc1ccc(C(O)C(C)OCc2ccccc2F)cc1. The van der Waals surface area contributed by atoms with Crippen molar-refractivity contribution in [3.8, 4) is 5.75 Å². The highest BCUT2D eigenvalue weighted by Crippen LogP contribution is 2.22. The molecule has 0 radical (unpaired) electrons. The van der Waals surface area contributed by atoms with Gasteiger partial charge in [-0.3, -0.25) is 0 Å². The van der Waals surface area contributed by atoms with Gasteiger partial charge in [-0.15, -0.1) is 0 Å². The Balaban J connectivity index is 1.95. The summed E-state index contributed by atoms with van der Waals surface area (Å²) in [6.07, 6.45) is -1.22. The third-order valence-electron chi connectivity index (χ3n) is 3.36. The van der Waals surface area contributed by atoms with Crippen LogP contribution in [0, 0.1) is 5.82 Å². The summed E-state index contributed by atoms with van der Waals surface area (Å²) in [6, 6.07) is 13.6. The van der Waals surface area contributed by atoms with Crippen LogP contribution in [-0.2, 0) is 11.3 Å². The summed E-state index contributed by atoms with van der Waals surface area (Å²) in [7, 11) is 1.59. The molecular weight excluding hydrogens is 271 g/mol. The van der Waals surface area contributed by atoms with Crippen molar-refractivity contribution in [1.82, 2.24) is 0 Å². The standard InChI is InChI=1S/C17H19FO3/c1-12(21-11-14-5-3-4-6-16(14)18)17(19)13-7-9-15(20-2)10-8-13/h3-10,12,17,19H,11H2,1-2H3. The highest BCUT2D eigenvalue weighted by atomic mass is 19.1. The Kier molecular flexibility index (Phi) is 5.31. The molecule has 0 heterocycles. The molecule has 3 nitrogen and oxygen atoms in total. The minimum atomic E-state index is -0.775. The van der Waals surface area contributed by atoms with E-state index in [0.717, 1.165) is 11.3 Å². The second-order valence-corrected chi connectivity index (χ2v) is 4.83. The van der Waals surface area contributed by atoms with E-state index in [-0.39, 0.29) is 12.4 Å². The topological polar surface area (TPSA) is 38.7 Å². The summed E-state index contributed by atoms with van der Waals surface area (Å²) in [5, 5.41) is 10.2. The molecule has 0 saturated carbocycles. The number of ether oxygens (including phenoxy) is 2. The molecule has 2 rings (SSSR count). The van der Waals surface area contributed by atoms with Crippen LogP contribution >= 0.6 is 0 Å². The Hall–Kier alpha value is -1.91. The predicted molar refractivity (Wildman–Crippen MR) is 78.6 cm³/mol. The van der Waals surface area contributed by atoms with Crippen molar-refractivity contribution < 1.29 is 19.0 Å². The maximum atomic E-state index is 13.5. The van der Waals surface area contributed by atoms with Crippen molar-refractivity contribution in [2.75, 3.05) is 7.11 Å². The van der Waals surface area contributed by atoms with E-state index in [2.05, 4.69) is 0 Å². The van der Waals surface area contributed by atoms with E-state index >= 15 is 0 Å². The van der Waals surface area contributed by atoms with Crippen LogP contribution in [-0.4, -0.2) is 18.3 Å².